The zero-order chi connectivity index (χ0) is 12.3. The van der Waals surface area contributed by atoms with Gasteiger partial charge in [0.2, 0.25) is 0 Å². The third-order valence-electron chi connectivity index (χ3n) is 2.56. The summed E-state index contributed by atoms with van der Waals surface area (Å²) in [6.07, 6.45) is 3.41. The van der Waals surface area contributed by atoms with Gasteiger partial charge in [-0.05, 0) is 31.0 Å². The number of nitrogens with one attached hydrogen (secondary N) is 1. The maximum atomic E-state index is 6.06. The Morgan fingerprint density at radius 3 is 2.61 bits per heavy atom. The molecule has 0 aromatic heterocycles. The van der Waals surface area contributed by atoms with Crippen molar-refractivity contribution in [3.63, 3.8) is 0 Å². The zero-order valence-corrected chi connectivity index (χ0v) is 12.5. The Hall–Kier alpha value is -0.280. The first-order chi connectivity index (χ1) is 8.34. The molecule has 0 saturated heterocycles. The molecule has 1 N–H and O–H groups in total. The van der Waals surface area contributed by atoms with Gasteiger partial charge in [-0.1, -0.05) is 43.1 Å². The van der Waals surface area contributed by atoms with E-state index in [4.69, 9.17) is 16.3 Å². The van der Waals surface area contributed by atoms with E-state index < -0.39 is 0 Å². The minimum atomic E-state index is 0. The molecule has 0 heterocycles. The SMILES string of the molecule is CCCCOCCCNCc1ccccc1Cl.Cl. The van der Waals surface area contributed by atoms with E-state index in [1.54, 1.807) is 0 Å². The maximum absolute atomic E-state index is 6.06. The Kier molecular flexibility index (Phi) is 11.6. The van der Waals surface area contributed by atoms with Crippen molar-refractivity contribution in [2.24, 2.45) is 0 Å². The molecule has 1 aromatic rings. The van der Waals surface area contributed by atoms with E-state index in [2.05, 4.69) is 12.2 Å². The molecule has 1 aromatic carbocycles. The monoisotopic (exact) mass is 291 g/mol. The molecule has 4 heteroatoms. The normalized spacial score (nSPS) is 10.1. The van der Waals surface area contributed by atoms with Gasteiger partial charge in [-0.15, -0.1) is 12.4 Å². The molecular weight excluding hydrogens is 269 g/mol. The Labute approximate surface area is 121 Å². The van der Waals surface area contributed by atoms with Crippen molar-refractivity contribution in [2.75, 3.05) is 19.8 Å². The predicted octanol–water partition coefficient (Wildman–Crippen LogP) is 4.06. The van der Waals surface area contributed by atoms with Crippen molar-refractivity contribution < 1.29 is 4.74 Å². The Morgan fingerprint density at radius 1 is 1.17 bits per heavy atom. The molecule has 0 bridgehead atoms. The van der Waals surface area contributed by atoms with E-state index in [1.165, 1.54) is 6.42 Å². The number of rotatable bonds is 9. The molecule has 0 radical (unpaired) electrons. The first-order valence-electron chi connectivity index (χ1n) is 6.36. The zero-order valence-electron chi connectivity index (χ0n) is 11.0. The highest BCUT2D eigenvalue weighted by Gasteiger charge is 1.97. The van der Waals surface area contributed by atoms with Gasteiger partial charge in [0, 0.05) is 24.8 Å². The van der Waals surface area contributed by atoms with Gasteiger partial charge in [0.15, 0.2) is 0 Å². The first kappa shape index (κ1) is 17.7. The van der Waals surface area contributed by atoms with Gasteiger partial charge < -0.3 is 10.1 Å². The van der Waals surface area contributed by atoms with Crippen LogP contribution in [0.4, 0.5) is 0 Å². The fourth-order valence-corrected chi connectivity index (χ4v) is 1.72. The number of hydrogen-bond acceptors (Lipinski definition) is 2. The summed E-state index contributed by atoms with van der Waals surface area (Å²) in [5.41, 5.74) is 1.15. The second-order valence-electron chi connectivity index (χ2n) is 4.09. The van der Waals surface area contributed by atoms with Crippen molar-refractivity contribution in [2.45, 2.75) is 32.7 Å². The largest absolute Gasteiger partial charge is 0.381 e. The van der Waals surface area contributed by atoms with Crippen LogP contribution in [0.3, 0.4) is 0 Å². The van der Waals surface area contributed by atoms with E-state index in [-0.39, 0.29) is 12.4 Å². The molecule has 0 aliphatic carbocycles. The molecule has 0 aliphatic rings. The fourth-order valence-electron chi connectivity index (χ4n) is 1.51. The van der Waals surface area contributed by atoms with Crippen molar-refractivity contribution in [3.05, 3.63) is 34.9 Å². The number of benzene rings is 1. The molecule has 0 atom stereocenters. The van der Waals surface area contributed by atoms with Crippen LogP contribution in [0.1, 0.15) is 31.7 Å². The first-order valence-corrected chi connectivity index (χ1v) is 6.74. The van der Waals surface area contributed by atoms with Gasteiger partial charge in [-0.2, -0.15) is 0 Å². The lowest BCUT2D eigenvalue weighted by molar-refractivity contribution is 0.129. The molecular formula is C14H23Cl2NO. The van der Waals surface area contributed by atoms with Gasteiger partial charge >= 0.3 is 0 Å². The van der Waals surface area contributed by atoms with Crippen LogP contribution in [0.25, 0.3) is 0 Å². The summed E-state index contributed by atoms with van der Waals surface area (Å²) in [5.74, 6) is 0. The molecule has 2 nitrogen and oxygen atoms in total. The fraction of sp³-hybridized carbons (Fsp3) is 0.571. The van der Waals surface area contributed by atoms with Gasteiger partial charge in [0.05, 0.1) is 0 Å². The van der Waals surface area contributed by atoms with Crippen molar-refractivity contribution in [1.29, 1.82) is 0 Å². The van der Waals surface area contributed by atoms with Crippen LogP contribution in [-0.2, 0) is 11.3 Å². The second kappa shape index (κ2) is 11.8. The molecule has 1 rings (SSSR count). The third-order valence-corrected chi connectivity index (χ3v) is 2.93. The Bertz CT molecular complexity index is 308. The summed E-state index contributed by atoms with van der Waals surface area (Å²) in [6, 6.07) is 7.93. The predicted molar refractivity (Wildman–Crippen MR) is 80.8 cm³/mol. The van der Waals surface area contributed by atoms with Crippen LogP contribution in [0.15, 0.2) is 24.3 Å². The van der Waals surface area contributed by atoms with Crippen LogP contribution < -0.4 is 5.32 Å². The lowest BCUT2D eigenvalue weighted by Gasteiger charge is -2.07. The average molecular weight is 292 g/mol. The van der Waals surface area contributed by atoms with E-state index in [9.17, 15) is 0 Å². The second-order valence-corrected chi connectivity index (χ2v) is 4.49. The van der Waals surface area contributed by atoms with Crippen LogP contribution in [0, 0.1) is 0 Å². The van der Waals surface area contributed by atoms with Crippen molar-refractivity contribution in [1.82, 2.24) is 5.32 Å². The summed E-state index contributed by atoms with van der Waals surface area (Å²) in [7, 11) is 0. The summed E-state index contributed by atoms with van der Waals surface area (Å²) in [5, 5.41) is 4.20. The number of ether oxygens (including phenoxy) is 1. The molecule has 18 heavy (non-hydrogen) atoms. The minimum absolute atomic E-state index is 0. The minimum Gasteiger partial charge on any atom is -0.381 e. The van der Waals surface area contributed by atoms with Crippen LogP contribution >= 0.6 is 24.0 Å². The van der Waals surface area contributed by atoms with E-state index in [0.717, 1.165) is 49.7 Å². The lowest BCUT2D eigenvalue weighted by atomic mass is 10.2. The molecule has 0 saturated carbocycles. The summed E-state index contributed by atoms with van der Waals surface area (Å²) >= 11 is 6.06. The topological polar surface area (TPSA) is 21.3 Å². The smallest absolute Gasteiger partial charge is 0.0478 e. The lowest BCUT2D eigenvalue weighted by Crippen LogP contribution is -2.16. The molecule has 104 valence electrons. The molecule has 0 spiro atoms. The van der Waals surface area contributed by atoms with Gasteiger partial charge in [0.1, 0.15) is 0 Å². The number of unbranched alkanes of at least 4 members (excludes halogenated alkanes) is 1. The van der Waals surface area contributed by atoms with Crippen molar-refractivity contribution >= 4 is 24.0 Å². The molecule has 0 unspecified atom stereocenters. The standard InChI is InChI=1S/C14H22ClNO.ClH/c1-2-3-10-17-11-6-9-16-12-13-7-4-5-8-14(13)15;/h4-5,7-8,16H,2-3,6,9-12H2,1H3;1H. The molecule has 0 amide bonds. The van der Waals surface area contributed by atoms with Gasteiger partial charge in [-0.25, -0.2) is 0 Å². The van der Waals surface area contributed by atoms with E-state index in [1.807, 2.05) is 24.3 Å². The summed E-state index contributed by atoms with van der Waals surface area (Å²) < 4.78 is 5.48. The van der Waals surface area contributed by atoms with Crippen LogP contribution in [0.2, 0.25) is 5.02 Å². The molecule has 0 aliphatic heterocycles. The number of halogens is 2. The van der Waals surface area contributed by atoms with Gasteiger partial charge in [-0.3, -0.25) is 0 Å². The highest BCUT2D eigenvalue weighted by Crippen LogP contribution is 2.14. The highest BCUT2D eigenvalue weighted by atomic mass is 35.5. The Balaban J connectivity index is 0.00000289. The third kappa shape index (κ3) is 7.93. The van der Waals surface area contributed by atoms with Crippen molar-refractivity contribution in [3.8, 4) is 0 Å². The van der Waals surface area contributed by atoms with Crippen LogP contribution in [0.5, 0.6) is 0 Å². The summed E-state index contributed by atoms with van der Waals surface area (Å²) in [6.45, 7) is 5.71. The van der Waals surface area contributed by atoms with Crippen LogP contribution in [-0.4, -0.2) is 19.8 Å². The molecule has 0 fully saturated rings. The average Bonchev–Trinajstić information content (AvgIpc) is 2.35. The summed E-state index contributed by atoms with van der Waals surface area (Å²) in [4.78, 5) is 0. The van der Waals surface area contributed by atoms with E-state index in [0.29, 0.717) is 0 Å². The van der Waals surface area contributed by atoms with E-state index >= 15 is 0 Å². The Morgan fingerprint density at radius 2 is 1.89 bits per heavy atom. The highest BCUT2D eigenvalue weighted by molar-refractivity contribution is 6.31. The number of hydrogen-bond donors (Lipinski definition) is 1. The quantitative estimate of drug-likeness (QED) is 0.693. The van der Waals surface area contributed by atoms with Gasteiger partial charge in [0.25, 0.3) is 0 Å². The maximum Gasteiger partial charge on any atom is 0.0478 e.